The smallest absolute Gasteiger partial charge is 0.275 e. The minimum Gasteiger partial charge on any atom is -0.351 e. The Morgan fingerprint density at radius 1 is 1.04 bits per heavy atom. The third-order valence-electron chi connectivity index (χ3n) is 4.60. The lowest BCUT2D eigenvalue weighted by molar-refractivity contribution is 0.102. The van der Waals surface area contributed by atoms with Crippen LogP contribution in [-0.4, -0.2) is 22.4 Å². The summed E-state index contributed by atoms with van der Waals surface area (Å²) in [5.74, 6) is 0.547. The van der Waals surface area contributed by atoms with Gasteiger partial charge in [0.15, 0.2) is 0 Å². The summed E-state index contributed by atoms with van der Waals surface area (Å²) < 4.78 is 0. The monoisotopic (exact) mass is 344 g/mol. The summed E-state index contributed by atoms with van der Waals surface area (Å²) in [6, 6.07) is 16.1. The summed E-state index contributed by atoms with van der Waals surface area (Å²) in [7, 11) is 0. The molecule has 26 heavy (non-hydrogen) atoms. The Bertz CT molecular complexity index is 937. The number of hydrogen-bond acceptors (Lipinski definition) is 4. The van der Waals surface area contributed by atoms with Gasteiger partial charge in [-0.15, -0.1) is 0 Å². The van der Waals surface area contributed by atoms with Crippen LogP contribution in [0.3, 0.4) is 0 Å². The van der Waals surface area contributed by atoms with Crippen LogP contribution in [0.15, 0.2) is 60.9 Å². The Labute approximate surface area is 152 Å². The van der Waals surface area contributed by atoms with Crippen LogP contribution in [-0.2, 0) is 13.0 Å². The number of fused-ring (bicyclic) bond motifs is 1. The molecule has 0 radical (unpaired) electrons. The lowest BCUT2D eigenvalue weighted by atomic mass is 10.0. The summed E-state index contributed by atoms with van der Waals surface area (Å²) in [6.07, 6.45) is 4.22. The molecule has 5 nitrogen and oxygen atoms in total. The predicted octanol–water partition coefficient (Wildman–Crippen LogP) is 3.60. The zero-order valence-electron chi connectivity index (χ0n) is 14.6. The standard InChI is InChI=1S/C21H20N4O/c1-15-5-4-8-18(11-15)24-21(26)19-12-23-20(13-22-19)25-10-9-16-6-2-3-7-17(16)14-25/h2-8,11-13H,9-10,14H2,1H3,(H,24,26). The number of benzene rings is 2. The molecule has 0 bridgehead atoms. The normalized spacial score (nSPS) is 13.2. The zero-order chi connectivity index (χ0) is 17.9. The van der Waals surface area contributed by atoms with E-state index in [0.29, 0.717) is 5.69 Å². The zero-order valence-corrected chi connectivity index (χ0v) is 14.6. The molecule has 0 aliphatic carbocycles. The summed E-state index contributed by atoms with van der Waals surface area (Å²) in [5.41, 5.74) is 4.88. The van der Waals surface area contributed by atoms with Gasteiger partial charge in [-0.2, -0.15) is 0 Å². The SMILES string of the molecule is Cc1cccc(NC(=O)c2cnc(N3CCc4ccccc4C3)cn2)c1. The Morgan fingerprint density at radius 2 is 1.88 bits per heavy atom. The fourth-order valence-corrected chi connectivity index (χ4v) is 3.21. The molecule has 1 aliphatic rings. The molecule has 130 valence electrons. The molecular formula is C21H20N4O. The van der Waals surface area contributed by atoms with Gasteiger partial charge in [-0.05, 0) is 42.2 Å². The largest absolute Gasteiger partial charge is 0.351 e. The molecule has 0 saturated carbocycles. The quantitative estimate of drug-likeness (QED) is 0.789. The summed E-state index contributed by atoms with van der Waals surface area (Å²) in [5, 5.41) is 2.86. The molecule has 2 heterocycles. The second-order valence-corrected chi connectivity index (χ2v) is 6.52. The number of rotatable bonds is 3. The molecule has 1 aromatic heterocycles. The molecule has 3 aromatic rings. The van der Waals surface area contributed by atoms with Crippen molar-refractivity contribution >= 4 is 17.4 Å². The number of nitrogens with one attached hydrogen (secondary N) is 1. The van der Waals surface area contributed by atoms with Gasteiger partial charge in [0.05, 0.1) is 12.4 Å². The van der Waals surface area contributed by atoms with E-state index in [-0.39, 0.29) is 5.91 Å². The van der Waals surface area contributed by atoms with Crippen LogP contribution in [0.4, 0.5) is 11.5 Å². The van der Waals surface area contributed by atoms with Crippen LogP contribution in [0.2, 0.25) is 0 Å². The Balaban J connectivity index is 1.46. The first-order valence-electron chi connectivity index (χ1n) is 8.71. The fraction of sp³-hybridized carbons (Fsp3) is 0.190. The van der Waals surface area contributed by atoms with Gasteiger partial charge in [-0.1, -0.05) is 36.4 Å². The highest BCUT2D eigenvalue weighted by Crippen LogP contribution is 2.22. The molecule has 1 amide bonds. The Hall–Kier alpha value is -3.21. The first kappa shape index (κ1) is 16.3. The van der Waals surface area contributed by atoms with Crippen LogP contribution < -0.4 is 10.2 Å². The second kappa shape index (κ2) is 6.96. The van der Waals surface area contributed by atoms with Gasteiger partial charge in [-0.25, -0.2) is 9.97 Å². The second-order valence-electron chi connectivity index (χ2n) is 6.52. The topological polar surface area (TPSA) is 58.1 Å². The lowest BCUT2D eigenvalue weighted by Gasteiger charge is -2.29. The van der Waals surface area contributed by atoms with E-state index >= 15 is 0 Å². The van der Waals surface area contributed by atoms with E-state index in [4.69, 9.17) is 0 Å². The summed E-state index contributed by atoms with van der Waals surface area (Å²) in [6.45, 7) is 3.71. The highest BCUT2D eigenvalue weighted by atomic mass is 16.1. The minimum atomic E-state index is -0.251. The summed E-state index contributed by atoms with van der Waals surface area (Å²) in [4.78, 5) is 23.3. The van der Waals surface area contributed by atoms with Crippen LogP contribution in [0, 0.1) is 6.92 Å². The summed E-state index contributed by atoms with van der Waals surface area (Å²) >= 11 is 0. The van der Waals surface area contributed by atoms with Crippen molar-refractivity contribution in [3.8, 4) is 0 Å². The van der Waals surface area contributed by atoms with Crippen LogP contribution in [0.1, 0.15) is 27.2 Å². The first-order valence-corrected chi connectivity index (χ1v) is 8.71. The fourth-order valence-electron chi connectivity index (χ4n) is 3.21. The van der Waals surface area contributed by atoms with Gasteiger partial charge in [0.25, 0.3) is 5.91 Å². The van der Waals surface area contributed by atoms with E-state index < -0.39 is 0 Å². The van der Waals surface area contributed by atoms with Crippen LogP contribution in [0.25, 0.3) is 0 Å². The third kappa shape index (κ3) is 3.42. The van der Waals surface area contributed by atoms with E-state index in [0.717, 1.165) is 36.6 Å². The average molecular weight is 344 g/mol. The lowest BCUT2D eigenvalue weighted by Crippen LogP contribution is -2.31. The van der Waals surface area contributed by atoms with E-state index in [1.807, 2.05) is 31.2 Å². The molecule has 0 unspecified atom stereocenters. The van der Waals surface area contributed by atoms with Gasteiger partial charge >= 0.3 is 0 Å². The molecule has 1 aliphatic heterocycles. The number of carbonyl (C=O) groups is 1. The van der Waals surface area contributed by atoms with Crippen molar-refractivity contribution in [1.29, 1.82) is 0 Å². The molecule has 5 heteroatoms. The molecule has 0 saturated heterocycles. The van der Waals surface area contributed by atoms with Crippen molar-refractivity contribution in [1.82, 2.24) is 9.97 Å². The Kier molecular flexibility index (Phi) is 4.35. The van der Waals surface area contributed by atoms with Crippen molar-refractivity contribution in [2.24, 2.45) is 0 Å². The van der Waals surface area contributed by atoms with Gasteiger partial charge in [0, 0.05) is 18.8 Å². The maximum Gasteiger partial charge on any atom is 0.275 e. The van der Waals surface area contributed by atoms with Gasteiger partial charge in [0.1, 0.15) is 11.5 Å². The first-order chi connectivity index (χ1) is 12.7. The number of anilines is 2. The molecule has 0 spiro atoms. The number of nitrogens with zero attached hydrogens (tertiary/aromatic N) is 3. The van der Waals surface area contributed by atoms with Crippen LogP contribution in [0.5, 0.6) is 0 Å². The average Bonchev–Trinajstić information content (AvgIpc) is 2.68. The number of hydrogen-bond donors (Lipinski definition) is 1. The molecule has 4 rings (SSSR count). The van der Waals surface area contributed by atoms with Crippen molar-refractivity contribution in [2.45, 2.75) is 19.9 Å². The molecule has 1 N–H and O–H groups in total. The van der Waals surface area contributed by atoms with Gasteiger partial charge < -0.3 is 10.2 Å². The Morgan fingerprint density at radius 3 is 2.65 bits per heavy atom. The van der Waals surface area contributed by atoms with Gasteiger partial charge in [0.2, 0.25) is 0 Å². The molecule has 0 fully saturated rings. The van der Waals surface area contributed by atoms with Crippen molar-refractivity contribution in [2.75, 3.05) is 16.8 Å². The highest BCUT2D eigenvalue weighted by Gasteiger charge is 2.18. The van der Waals surface area contributed by atoms with Crippen LogP contribution >= 0.6 is 0 Å². The number of amides is 1. The molecule has 0 atom stereocenters. The number of aromatic nitrogens is 2. The minimum absolute atomic E-state index is 0.251. The van der Waals surface area contributed by atoms with E-state index in [9.17, 15) is 4.79 Å². The molecule has 2 aromatic carbocycles. The number of carbonyl (C=O) groups excluding carboxylic acids is 1. The van der Waals surface area contributed by atoms with Crippen molar-refractivity contribution in [3.63, 3.8) is 0 Å². The maximum atomic E-state index is 12.3. The highest BCUT2D eigenvalue weighted by molar-refractivity contribution is 6.02. The van der Waals surface area contributed by atoms with Crippen molar-refractivity contribution < 1.29 is 4.79 Å². The van der Waals surface area contributed by atoms with E-state index in [1.165, 1.54) is 11.1 Å². The van der Waals surface area contributed by atoms with Crippen molar-refractivity contribution in [3.05, 3.63) is 83.3 Å². The number of aryl methyl sites for hydroxylation is 1. The van der Waals surface area contributed by atoms with E-state index in [1.54, 1.807) is 12.4 Å². The predicted molar refractivity (Wildman–Crippen MR) is 102 cm³/mol. The maximum absolute atomic E-state index is 12.3. The molecular weight excluding hydrogens is 324 g/mol. The van der Waals surface area contributed by atoms with E-state index in [2.05, 4.69) is 44.5 Å². The third-order valence-corrected chi connectivity index (χ3v) is 4.60. The van der Waals surface area contributed by atoms with Gasteiger partial charge in [-0.3, -0.25) is 4.79 Å².